The summed E-state index contributed by atoms with van der Waals surface area (Å²) in [5, 5.41) is 20.2. The highest BCUT2D eigenvalue weighted by Crippen LogP contribution is 2.18. The van der Waals surface area contributed by atoms with Crippen LogP contribution in [0.1, 0.15) is 11.1 Å². The van der Waals surface area contributed by atoms with Crippen molar-refractivity contribution in [2.45, 2.75) is 13.1 Å². The van der Waals surface area contributed by atoms with Crippen molar-refractivity contribution in [3.63, 3.8) is 0 Å². The van der Waals surface area contributed by atoms with Crippen molar-refractivity contribution >= 4 is 34.3 Å². The fourth-order valence-electron chi connectivity index (χ4n) is 3.55. The third-order valence-electron chi connectivity index (χ3n) is 5.33. The van der Waals surface area contributed by atoms with Gasteiger partial charge < -0.3 is 15.5 Å². The number of pyridine rings is 1. The third-order valence-corrected chi connectivity index (χ3v) is 5.33. The van der Waals surface area contributed by atoms with Crippen molar-refractivity contribution in [3.05, 3.63) is 83.1 Å². The number of aromatic nitrogens is 5. The molecule has 0 saturated heterocycles. The van der Waals surface area contributed by atoms with E-state index in [1.54, 1.807) is 30.6 Å². The lowest BCUT2D eigenvalue weighted by atomic mass is 10.1. The number of amides is 1. The van der Waals surface area contributed by atoms with Crippen LogP contribution in [-0.4, -0.2) is 55.8 Å². The highest BCUT2D eigenvalue weighted by Gasteiger charge is 2.13. The van der Waals surface area contributed by atoms with Crippen molar-refractivity contribution in [2.24, 2.45) is 0 Å². The van der Waals surface area contributed by atoms with E-state index < -0.39 is 5.56 Å². The van der Waals surface area contributed by atoms with E-state index in [1.165, 1.54) is 16.7 Å². The predicted octanol–water partition coefficient (Wildman–Crippen LogP) is 2.34. The number of rotatable bonds is 9. The summed E-state index contributed by atoms with van der Waals surface area (Å²) in [6, 6.07) is 10.5. The van der Waals surface area contributed by atoms with Gasteiger partial charge in [-0.15, -0.1) is 0 Å². The van der Waals surface area contributed by atoms with Crippen molar-refractivity contribution in [2.75, 3.05) is 31.3 Å². The molecule has 0 spiro atoms. The first-order chi connectivity index (χ1) is 17.4. The molecule has 11 nitrogen and oxygen atoms in total. The zero-order chi connectivity index (χ0) is 25.7. The maximum atomic E-state index is 13.1. The molecular formula is C25H25N9O2. The first kappa shape index (κ1) is 24.3. The second kappa shape index (κ2) is 10.6. The lowest BCUT2D eigenvalue weighted by Gasteiger charge is -2.12. The molecule has 182 valence electrons. The zero-order valence-electron chi connectivity index (χ0n) is 20.0. The van der Waals surface area contributed by atoms with Gasteiger partial charge in [0.2, 0.25) is 11.9 Å². The maximum Gasteiger partial charge on any atom is 0.270 e. The number of nitrogens with one attached hydrogen (secondary N) is 2. The minimum absolute atomic E-state index is 0.00917. The van der Waals surface area contributed by atoms with E-state index in [-0.39, 0.29) is 18.0 Å². The zero-order valence-corrected chi connectivity index (χ0v) is 20.0. The minimum Gasteiger partial charge on any atom is -0.323 e. The molecule has 36 heavy (non-hydrogen) atoms. The Labute approximate surface area is 207 Å². The van der Waals surface area contributed by atoms with Crippen LogP contribution in [0.4, 0.5) is 17.3 Å². The summed E-state index contributed by atoms with van der Waals surface area (Å²) in [5.74, 6) is -0.0470. The molecule has 0 saturated carbocycles. The van der Waals surface area contributed by atoms with Crippen molar-refractivity contribution < 1.29 is 4.79 Å². The van der Waals surface area contributed by atoms with Crippen LogP contribution in [0.5, 0.6) is 0 Å². The fourth-order valence-corrected chi connectivity index (χ4v) is 3.55. The Hall–Kier alpha value is -4.82. The van der Waals surface area contributed by atoms with Gasteiger partial charge >= 0.3 is 0 Å². The van der Waals surface area contributed by atoms with E-state index in [9.17, 15) is 14.9 Å². The Bertz CT molecular complexity index is 1530. The summed E-state index contributed by atoms with van der Waals surface area (Å²) >= 11 is 0. The van der Waals surface area contributed by atoms with Gasteiger partial charge in [-0.05, 0) is 43.9 Å². The average Bonchev–Trinajstić information content (AvgIpc) is 3.32. The molecule has 0 aliphatic heterocycles. The van der Waals surface area contributed by atoms with Crippen LogP contribution in [0.3, 0.4) is 0 Å². The third kappa shape index (κ3) is 5.63. The van der Waals surface area contributed by atoms with E-state index in [1.807, 2.05) is 37.1 Å². The van der Waals surface area contributed by atoms with Gasteiger partial charge in [0.25, 0.3) is 5.56 Å². The lowest BCUT2D eigenvalue weighted by Crippen LogP contribution is -2.24. The van der Waals surface area contributed by atoms with Crippen LogP contribution >= 0.6 is 0 Å². The largest absolute Gasteiger partial charge is 0.323 e. The van der Waals surface area contributed by atoms with Crippen molar-refractivity contribution in [1.82, 2.24) is 29.2 Å². The molecule has 0 bridgehead atoms. The van der Waals surface area contributed by atoms with E-state index in [0.29, 0.717) is 28.4 Å². The summed E-state index contributed by atoms with van der Waals surface area (Å²) in [7, 11) is 3.99. The summed E-state index contributed by atoms with van der Waals surface area (Å²) in [5.41, 5.74) is 1.91. The molecular weight excluding hydrogens is 458 g/mol. The molecule has 1 aromatic carbocycles. The number of carbonyl (C=O) groups is 1. The molecule has 0 radical (unpaired) electrons. The summed E-state index contributed by atoms with van der Waals surface area (Å²) < 4.78 is 3.24. The van der Waals surface area contributed by atoms with E-state index >= 15 is 0 Å². The number of hydrogen-bond donors (Lipinski definition) is 2. The average molecular weight is 484 g/mol. The first-order valence-electron chi connectivity index (χ1n) is 11.1. The minimum atomic E-state index is -0.466. The smallest absolute Gasteiger partial charge is 0.270 e. The van der Waals surface area contributed by atoms with Gasteiger partial charge in [0, 0.05) is 30.0 Å². The standard InChI is InChI=1S/C25H25N9O2/c1-4-22(35)29-20-7-5-6-17(10-20)15-34-23-19(11-18(12-26)24(34)36)13-27-25(31-23)30-21-14-28-33(16-21)9-8-32(2)3/h4-7,10-11,13-14,16H,1,8-9,15H2,2-3H3,(H,29,35)(H,27,30,31). The second-order valence-electron chi connectivity index (χ2n) is 8.35. The van der Waals surface area contributed by atoms with Gasteiger partial charge in [0.15, 0.2) is 0 Å². The van der Waals surface area contributed by atoms with Crippen molar-refractivity contribution in [3.8, 4) is 6.07 Å². The Kier molecular flexibility index (Phi) is 7.17. The lowest BCUT2D eigenvalue weighted by molar-refractivity contribution is -0.111. The molecule has 0 fully saturated rings. The van der Waals surface area contributed by atoms with Gasteiger partial charge in [-0.25, -0.2) is 4.98 Å². The number of hydrogen-bond acceptors (Lipinski definition) is 8. The molecule has 0 aliphatic carbocycles. The Morgan fingerprint density at radius 3 is 2.83 bits per heavy atom. The number of benzene rings is 1. The molecule has 4 aromatic rings. The van der Waals surface area contributed by atoms with Crippen LogP contribution in [0.2, 0.25) is 0 Å². The number of fused-ring (bicyclic) bond motifs is 1. The second-order valence-corrected chi connectivity index (χ2v) is 8.35. The first-order valence-corrected chi connectivity index (χ1v) is 11.1. The molecule has 0 unspecified atom stereocenters. The molecule has 4 rings (SSSR count). The normalized spacial score (nSPS) is 10.8. The molecule has 11 heteroatoms. The van der Waals surface area contributed by atoms with Gasteiger partial charge in [-0.1, -0.05) is 18.7 Å². The van der Waals surface area contributed by atoms with E-state index in [4.69, 9.17) is 0 Å². The van der Waals surface area contributed by atoms with Gasteiger partial charge in [0.05, 0.1) is 25.0 Å². The molecule has 0 atom stereocenters. The van der Waals surface area contributed by atoms with Gasteiger partial charge in [-0.3, -0.25) is 18.8 Å². The van der Waals surface area contributed by atoms with Crippen molar-refractivity contribution in [1.29, 1.82) is 5.26 Å². The van der Waals surface area contributed by atoms with Crippen LogP contribution in [0, 0.1) is 11.3 Å². The van der Waals surface area contributed by atoms with Gasteiger partial charge in [0.1, 0.15) is 17.3 Å². The van der Waals surface area contributed by atoms with Crippen LogP contribution in [0.15, 0.2) is 66.4 Å². The predicted molar refractivity (Wildman–Crippen MR) is 137 cm³/mol. The number of nitriles is 1. The molecule has 3 heterocycles. The monoisotopic (exact) mass is 483 g/mol. The Morgan fingerprint density at radius 1 is 1.25 bits per heavy atom. The molecule has 0 aliphatic rings. The quantitative estimate of drug-likeness (QED) is 0.347. The highest BCUT2D eigenvalue weighted by molar-refractivity contribution is 5.98. The summed E-state index contributed by atoms with van der Waals surface area (Å²) in [6.45, 7) is 5.17. The maximum absolute atomic E-state index is 13.1. The van der Waals surface area contributed by atoms with Gasteiger partial charge in [-0.2, -0.15) is 15.3 Å². The van der Waals surface area contributed by atoms with E-state index in [2.05, 4.69) is 37.2 Å². The SMILES string of the molecule is C=CC(=O)Nc1cccc(Cn2c(=O)c(C#N)cc3cnc(Nc4cnn(CCN(C)C)c4)nc32)c1. The fraction of sp³-hybridized carbons (Fsp3) is 0.200. The number of nitrogens with zero attached hydrogens (tertiary/aromatic N) is 7. The molecule has 1 amide bonds. The van der Waals surface area contributed by atoms with Crippen LogP contribution in [0.25, 0.3) is 11.0 Å². The summed E-state index contributed by atoms with van der Waals surface area (Å²) in [6.07, 6.45) is 6.28. The highest BCUT2D eigenvalue weighted by atomic mass is 16.1. The number of anilines is 3. The molecule has 2 N–H and O–H groups in total. The number of likely N-dealkylation sites (N-methyl/N-ethyl adjacent to an activating group) is 1. The van der Waals surface area contributed by atoms with Crippen LogP contribution in [-0.2, 0) is 17.9 Å². The number of carbonyl (C=O) groups excluding carboxylic acids is 1. The van der Waals surface area contributed by atoms with Crippen LogP contribution < -0.4 is 16.2 Å². The molecule has 3 aromatic heterocycles. The Balaban J connectivity index is 1.67. The topological polar surface area (TPSA) is 134 Å². The van der Waals surface area contributed by atoms with E-state index in [0.717, 1.165) is 18.7 Å². The Morgan fingerprint density at radius 2 is 2.08 bits per heavy atom. The summed E-state index contributed by atoms with van der Waals surface area (Å²) in [4.78, 5) is 35.7.